The van der Waals surface area contributed by atoms with Crippen LogP contribution in [0.1, 0.15) is 79.8 Å². The second-order valence-electron chi connectivity index (χ2n) is 9.00. The first-order valence-corrected chi connectivity index (χ1v) is 10.2. The maximum Gasteiger partial charge on any atom is 0.342 e. The van der Waals surface area contributed by atoms with Crippen molar-refractivity contribution in [1.82, 2.24) is 25.1 Å². The molecule has 2 rings (SSSR count). The predicted molar refractivity (Wildman–Crippen MR) is 113 cm³/mol. The number of nitrogens with zero attached hydrogens (tertiary/aromatic N) is 4. The van der Waals surface area contributed by atoms with Gasteiger partial charge in [-0.2, -0.15) is 0 Å². The Bertz CT molecular complexity index is 831. The van der Waals surface area contributed by atoms with Crippen molar-refractivity contribution < 1.29 is 19.1 Å². The number of aromatic nitrogens is 2. The zero-order valence-corrected chi connectivity index (χ0v) is 19.2. The molecule has 166 valence electrons. The van der Waals surface area contributed by atoms with E-state index < -0.39 is 5.97 Å². The summed E-state index contributed by atoms with van der Waals surface area (Å²) in [5, 5.41) is 2.96. The maximum atomic E-state index is 13.3. The number of ether oxygens (including phenoxy) is 1. The van der Waals surface area contributed by atoms with E-state index in [0.717, 1.165) is 0 Å². The summed E-state index contributed by atoms with van der Waals surface area (Å²) in [7, 11) is 1.27. The largest absolute Gasteiger partial charge is 0.465 e. The number of piperazine rings is 1. The van der Waals surface area contributed by atoms with E-state index >= 15 is 0 Å². The first kappa shape index (κ1) is 23.6. The van der Waals surface area contributed by atoms with Crippen molar-refractivity contribution in [3.05, 3.63) is 22.8 Å². The lowest BCUT2D eigenvalue weighted by molar-refractivity contribution is 0.0539. The topological polar surface area (TPSA) is 105 Å². The van der Waals surface area contributed by atoms with Crippen LogP contribution in [0, 0.1) is 6.92 Å². The third-order valence-electron chi connectivity index (χ3n) is 4.85. The van der Waals surface area contributed by atoms with Gasteiger partial charge in [0.2, 0.25) is 0 Å². The van der Waals surface area contributed by atoms with E-state index in [-0.39, 0.29) is 40.7 Å². The maximum absolute atomic E-state index is 13.3. The molecule has 1 N–H and O–H groups in total. The van der Waals surface area contributed by atoms with E-state index in [1.807, 2.05) is 41.5 Å². The van der Waals surface area contributed by atoms with Crippen LogP contribution in [0.25, 0.3) is 0 Å². The summed E-state index contributed by atoms with van der Waals surface area (Å²) in [5.74, 6) is -0.640. The van der Waals surface area contributed by atoms with Crippen LogP contribution in [-0.4, -0.2) is 76.0 Å². The average Bonchev–Trinajstić information content (AvgIpc) is 2.64. The number of esters is 1. The highest BCUT2D eigenvalue weighted by atomic mass is 16.5. The van der Waals surface area contributed by atoms with Crippen molar-refractivity contribution in [2.75, 3.05) is 26.7 Å². The van der Waals surface area contributed by atoms with Gasteiger partial charge >= 0.3 is 12.0 Å². The van der Waals surface area contributed by atoms with E-state index in [2.05, 4.69) is 15.3 Å². The molecule has 2 heterocycles. The Hall–Kier alpha value is -2.71. The molecule has 0 saturated carbocycles. The Kier molecular flexibility index (Phi) is 7.05. The molecule has 0 radical (unpaired) electrons. The SMILES string of the molecule is COC(=O)c1c(C(=O)N2CCN(C(=O)NC(C)(C)C)C(C)C2)nc(C)nc1C(C)C. The Balaban J connectivity index is 2.30. The van der Waals surface area contributed by atoms with Crippen LogP contribution in [0.3, 0.4) is 0 Å². The smallest absolute Gasteiger partial charge is 0.342 e. The van der Waals surface area contributed by atoms with Crippen molar-refractivity contribution in [2.24, 2.45) is 0 Å². The fourth-order valence-corrected chi connectivity index (χ4v) is 3.46. The van der Waals surface area contributed by atoms with Crippen LogP contribution < -0.4 is 5.32 Å². The Morgan fingerprint density at radius 2 is 1.80 bits per heavy atom. The van der Waals surface area contributed by atoms with Gasteiger partial charge in [0.05, 0.1) is 12.8 Å². The molecular formula is C21H33N5O4. The first-order chi connectivity index (χ1) is 13.9. The van der Waals surface area contributed by atoms with E-state index in [1.54, 1.807) is 16.7 Å². The molecule has 1 aromatic rings. The lowest BCUT2D eigenvalue weighted by atomic mass is 10.0. The molecule has 1 atom stereocenters. The van der Waals surface area contributed by atoms with Gasteiger partial charge < -0.3 is 19.9 Å². The zero-order chi connectivity index (χ0) is 22.8. The molecule has 0 aromatic carbocycles. The minimum absolute atomic E-state index is 0.0536. The van der Waals surface area contributed by atoms with Gasteiger partial charge in [0, 0.05) is 31.2 Å². The number of urea groups is 1. The van der Waals surface area contributed by atoms with E-state index in [0.29, 0.717) is 31.2 Å². The van der Waals surface area contributed by atoms with E-state index in [1.165, 1.54) is 7.11 Å². The van der Waals surface area contributed by atoms with Gasteiger partial charge in [-0.1, -0.05) is 13.8 Å². The highest BCUT2D eigenvalue weighted by molar-refractivity contribution is 6.04. The van der Waals surface area contributed by atoms with Gasteiger partial charge in [-0.25, -0.2) is 19.6 Å². The quantitative estimate of drug-likeness (QED) is 0.754. The fraction of sp³-hybridized carbons (Fsp3) is 0.667. The summed E-state index contributed by atoms with van der Waals surface area (Å²) >= 11 is 0. The molecule has 9 heteroatoms. The summed E-state index contributed by atoms with van der Waals surface area (Å²) in [5.41, 5.74) is 0.320. The number of methoxy groups -OCH3 is 1. The third kappa shape index (κ3) is 5.25. The molecule has 9 nitrogen and oxygen atoms in total. The molecule has 1 fully saturated rings. The van der Waals surface area contributed by atoms with Gasteiger partial charge in [-0.05, 0) is 40.5 Å². The Morgan fingerprint density at radius 3 is 2.30 bits per heavy atom. The molecule has 0 spiro atoms. The van der Waals surface area contributed by atoms with Crippen LogP contribution in [0.2, 0.25) is 0 Å². The van der Waals surface area contributed by atoms with Gasteiger partial charge in [0.25, 0.3) is 5.91 Å². The molecule has 30 heavy (non-hydrogen) atoms. The highest BCUT2D eigenvalue weighted by Gasteiger charge is 2.35. The predicted octanol–water partition coefficient (Wildman–Crippen LogP) is 2.35. The number of nitrogens with one attached hydrogen (secondary N) is 1. The summed E-state index contributed by atoms with van der Waals surface area (Å²) in [4.78, 5) is 50.4. The molecule has 1 unspecified atom stereocenters. The Labute approximate surface area is 178 Å². The first-order valence-electron chi connectivity index (χ1n) is 10.2. The zero-order valence-electron chi connectivity index (χ0n) is 19.2. The molecule has 1 saturated heterocycles. The minimum atomic E-state index is -0.627. The van der Waals surface area contributed by atoms with Crippen molar-refractivity contribution >= 4 is 17.9 Å². The minimum Gasteiger partial charge on any atom is -0.465 e. The van der Waals surface area contributed by atoms with Crippen LogP contribution >= 0.6 is 0 Å². The third-order valence-corrected chi connectivity index (χ3v) is 4.85. The number of hydrogen-bond donors (Lipinski definition) is 1. The lowest BCUT2D eigenvalue weighted by Gasteiger charge is -2.41. The highest BCUT2D eigenvalue weighted by Crippen LogP contribution is 2.23. The van der Waals surface area contributed by atoms with E-state index in [9.17, 15) is 14.4 Å². The van der Waals surface area contributed by atoms with E-state index in [4.69, 9.17) is 4.74 Å². The van der Waals surface area contributed by atoms with Gasteiger partial charge in [0.15, 0.2) is 0 Å². The molecule has 1 aromatic heterocycles. The number of amides is 3. The van der Waals surface area contributed by atoms with Crippen molar-refractivity contribution in [3.8, 4) is 0 Å². The van der Waals surface area contributed by atoms with Crippen LogP contribution in [-0.2, 0) is 4.74 Å². The van der Waals surface area contributed by atoms with Crippen LogP contribution in [0.15, 0.2) is 0 Å². The second kappa shape index (κ2) is 8.97. The summed E-state index contributed by atoms with van der Waals surface area (Å²) < 4.78 is 4.91. The summed E-state index contributed by atoms with van der Waals surface area (Å²) in [6, 6.07) is -0.337. The van der Waals surface area contributed by atoms with Crippen molar-refractivity contribution in [3.63, 3.8) is 0 Å². The number of carbonyl (C=O) groups is 3. The number of aryl methyl sites for hydroxylation is 1. The summed E-state index contributed by atoms with van der Waals surface area (Å²) in [6.07, 6.45) is 0. The van der Waals surface area contributed by atoms with Gasteiger partial charge in [-0.15, -0.1) is 0 Å². The van der Waals surface area contributed by atoms with Crippen LogP contribution in [0.5, 0.6) is 0 Å². The monoisotopic (exact) mass is 419 g/mol. The summed E-state index contributed by atoms with van der Waals surface area (Å²) in [6.45, 7) is 14.2. The molecule has 0 bridgehead atoms. The molecule has 0 aliphatic carbocycles. The molecule has 3 amide bonds. The lowest BCUT2D eigenvalue weighted by Crippen LogP contribution is -2.59. The molecule has 1 aliphatic heterocycles. The van der Waals surface area contributed by atoms with Crippen LogP contribution in [0.4, 0.5) is 4.79 Å². The standard InChI is InChI=1S/C21H33N5O4/c1-12(2)16-15(19(28)30-8)17(23-14(4)22-16)18(27)25-9-10-26(13(3)11-25)20(29)24-21(5,6)7/h12-13H,9-11H2,1-8H3,(H,24,29). The average molecular weight is 420 g/mol. The number of rotatable bonds is 3. The normalized spacial score (nSPS) is 17.2. The second-order valence-corrected chi connectivity index (χ2v) is 9.00. The van der Waals surface area contributed by atoms with Crippen molar-refractivity contribution in [2.45, 2.75) is 66.0 Å². The number of carbonyl (C=O) groups excluding carboxylic acids is 3. The van der Waals surface area contributed by atoms with Gasteiger partial charge in [-0.3, -0.25) is 4.79 Å². The van der Waals surface area contributed by atoms with Crippen molar-refractivity contribution in [1.29, 1.82) is 0 Å². The Morgan fingerprint density at radius 1 is 1.17 bits per heavy atom. The fourth-order valence-electron chi connectivity index (χ4n) is 3.46. The van der Waals surface area contributed by atoms with Gasteiger partial charge in [0.1, 0.15) is 17.1 Å². The molecule has 1 aliphatic rings. The molecular weight excluding hydrogens is 386 g/mol. The number of hydrogen-bond acceptors (Lipinski definition) is 6.